The summed E-state index contributed by atoms with van der Waals surface area (Å²) in [6.45, 7) is 8.40. The van der Waals surface area contributed by atoms with Crippen LogP contribution in [0.5, 0.6) is 28.7 Å². The third-order valence-electron chi connectivity index (χ3n) is 5.53. The SMILES string of the molecule is CCOc1cc(CN2CCN(Cc3cc(OC)c(OC)c(OC)c3)CC2)ccc1OC. The van der Waals surface area contributed by atoms with E-state index in [2.05, 4.69) is 21.9 Å². The maximum absolute atomic E-state index is 5.71. The molecule has 0 amide bonds. The van der Waals surface area contributed by atoms with E-state index in [-0.39, 0.29) is 0 Å². The summed E-state index contributed by atoms with van der Waals surface area (Å²) >= 11 is 0. The van der Waals surface area contributed by atoms with Crippen LogP contribution in [0.2, 0.25) is 0 Å². The Balaban J connectivity index is 1.58. The first kappa shape index (κ1) is 23.0. The zero-order chi connectivity index (χ0) is 22.2. The topological polar surface area (TPSA) is 52.6 Å². The lowest BCUT2D eigenvalue weighted by molar-refractivity contribution is 0.121. The molecule has 1 aliphatic rings. The number of ether oxygens (including phenoxy) is 5. The molecule has 0 unspecified atom stereocenters. The predicted octanol–water partition coefficient (Wildman–Crippen LogP) is 3.44. The molecule has 1 saturated heterocycles. The van der Waals surface area contributed by atoms with Gasteiger partial charge < -0.3 is 23.7 Å². The summed E-state index contributed by atoms with van der Waals surface area (Å²) in [6, 6.07) is 10.2. The molecule has 31 heavy (non-hydrogen) atoms. The molecule has 0 saturated carbocycles. The van der Waals surface area contributed by atoms with Gasteiger partial charge in [0, 0.05) is 39.3 Å². The highest BCUT2D eigenvalue weighted by Crippen LogP contribution is 2.38. The Labute approximate surface area is 185 Å². The van der Waals surface area contributed by atoms with Crippen LogP contribution < -0.4 is 23.7 Å². The summed E-state index contributed by atoms with van der Waals surface area (Å²) in [7, 11) is 6.59. The Hall–Kier alpha value is -2.64. The van der Waals surface area contributed by atoms with Crippen molar-refractivity contribution in [3.8, 4) is 28.7 Å². The zero-order valence-electron chi connectivity index (χ0n) is 19.3. The Morgan fingerprint density at radius 2 is 1.16 bits per heavy atom. The van der Waals surface area contributed by atoms with E-state index in [9.17, 15) is 0 Å². The molecule has 0 bridgehead atoms. The number of methoxy groups -OCH3 is 4. The number of benzene rings is 2. The van der Waals surface area contributed by atoms with Crippen molar-refractivity contribution in [2.75, 3.05) is 61.2 Å². The molecule has 0 radical (unpaired) electrons. The van der Waals surface area contributed by atoms with Crippen LogP contribution in [0, 0.1) is 0 Å². The van der Waals surface area contributed by atoms with E-state index in [1.165, 1.54) is 5.56 Å². The lowest BCUT2D eigenvalue weighted by Gasteiger charge is -2.35. The number of hydrogen-bond acceptors (Lipinski definition) is 7. The van der Waals surface area contributed by atoms with E-state index in [1.54, 1.807) is 28.4 Å². The van der Waals surface area contributed by atoms with Gasteiger partial charge in [0.1, 0.15) is 0 Å². The third-order valence-corrected chi connectivity index (χ3v) is 5.53. The van der Waals surface area contributed by atoms with Crippen LogP contribution in [0.4, 0.5) is 0 Å². The lowest BCUT2D eigenvalue weighted by atomic mass is 10.1. The lowest BCUT2D eigenvalue weighted by Crippen LogP contribution is -2.45. The zero-order valence-corrected chi connectivity index (χ0v) is 19.3. The van der Waals surface area contributed by atoms with Gasteiger partial charge in [-0.2, -0.15) is 0 Å². The normalized spacial score (nSPS) is 14.9. The fraction of sp³-hybridized carbons (Fsp3) is 0.500. The predicted molar refractivity (Wildman–Crippen MR) is 121 cm³/mol. The molecule has 2 aromatic rings. The minimum Gasteiger partial charge on any atom is -0.493 e. The van der Waals surface area contributed by atoms with Gasteiger partial charge in [-0.05, 0) is 42.3 Å². The fourth-order valence-electron chi connectivity index (χ4n) is 3.94. The molecule has 3 rings (SSSR count). The van der Waals surface area contributed by atoms with E-state index in [0.29, 0.717) is 23.9 Å². The van der Waals surface area contributed by atoms with Crippen molar-refractivity contribution >= 4 is 0 Å². The van der Waals surface area contributed by atoms with Crippen molar-refractivity contribution in [3.63, 3.8) is 0 Å². The average Bonchev–Trinajstić information content (AvgIpc) is 2.80. The second-order valence-electron chi connectivity index (χ2n) is 7.50. The second kappa shape index (κ2) is 11.1. The van der Waals surface area contributed by atoms with E-state index >= 15 is 0 Å². The van der Waals surface area contributed by atoms with Gasteiger partial charge in [0.2, 0.25) is 5.75 Å². The van der Waals surface area contributed by atoms with E-state index < -0.39 is 0 Å². The minimum atomic E-state index is 0.624. The largest absolute Gasteiger partial charge is 0.493 e. The molecule has 2 aromatic carbocycles. The van der Waals surface area contributed by atoms with Gasteiger partial charge in [0.05, 0.1) is 35.0 Å². The monoisotopic (exact) mass is 430 g/mol. The molecule has 0 spiro atoms. The Morgan fingerprint density at radius 3 is 1.65 bits per heavy atom. The van der Waals surface area contributed by atoms with Crippen LogP contribution in [0.25, 0.3) is 0 Å². The molecule has 0 aromatic heterocycles. The van der Waals surface area contributed by atoms with Crippen LogP contribution in [0.1, 0.15) is 18.1 Å². The van der Waals surface area contributed by atoms with Crippen molar-refractivity contribution < 1.29 is 23.7 Å². The molecular weight excluding hydrogens is 396 g/mol. The van der Waals surface area contributed by atoms with Crippen LogP contribution >= 0.6 is 0 Å². The molecule has 0 N–H and O–H groups in total. The van der Waals surface area contributed by atoms with Gasteiger partial charge >= 0.3 is 0 Å². The summed E-state index contributed by atoms with van der Waals surface area (Å²) in [5.41, 5.74) is 2.39. The summed E-state index contributed by atoms with van der Waals surface area (Å²) in [5.74, 6) is 3.61. The smallest absolute Gasteiger partial charge is 0.203 e. The number of nitrogens with zero attached hydrogens (tertiary/aromatic N) is 2. The molecule has 7 nitrogen and oxygen atoms in total. The summed E-state index contributed by atoms with van der Waals surface area (Å²) in [5, 5.41) is 0. The molecule has 1 aliphatic heterocycles. The number of hydrogen-bond donors (Lipinski definition) is 0. The Kier molecular flexibility index (Phi) is 8.26. The van der Waals surface area contributed by atoms with E-state index in [1.807, 2.05) is 25.1 Å². The maximum Gasteiger partial charge on any atom is 0.203 e. The standard InChI is InChI=1S/C24H34N2O5/c1-6-31-21-13-18(7-8-20(21)27-2)16-25-9-11-26(12-10-25)17-19-14-22(28-3)24(30-5)23(15-19)29-4/h7-8,13-15H,6,9-12,16-17H2,1-5H3. The molecular formula is C24H34N2O5. The first-order valence-corrected chi connectivity index (χ1v) is 10.6. The van der Waals surface area contributed by atoms with Crippen molar-refractivity contribution in [2.24, 2.45) is 0 Å². The van der Waals surface area contributed by atoms with Gasteiger partial charge in [-0.1, -0.05) is 6.07 Å². The molecule has 0 atom stereocenters. The van der Waals surface area contributed by atoms with Crippen LogP contribution in [0.3, 0.4) is 0 Å². The first-order chi connectivity index (χ1) is 15.1. The average molecular weight is 431 g/mol. The minimum absolute atomic E-state index is 0.624. The third kappa shape index (κ3) is 5.74. The van der Waals surface area contributed by atoms with Gasteiger partial charge in [-0.3, -0.25) is 9.80 Å². The van der Waals surface area contributed by atoms with Crippen molar-refractivity contribution in [3.05, 3.63) is 41.5 Å². The van der Waals surface area contributed by atoms with Crippen LogP contribution in [-0.2, 0) is 13.1 Å². The highest BCUT2D eigenvalue weighted by Gasteiger charge is 2.20. The quantitative estimate of drug-likeness (QED) is 0.572. The number of rotatable bonds is 10. The molecule has 7 heteroatoms. The van der Waals surface area contributed by atoms with Gasteiger partial charge in [0.25, 0.3) is 0 Å². The summed E-state index contributed by atoms with van der Waals surface area (Å²) in [4.78, 5) is 4.93. The molecule has 170 valence electrons. The van der Waals surface area contributed by atoms with Gasteiger partial charge in [-0.25, -0.2) is 0 Å². The summed E-state index contributed by atoms with van der Waals surface area (Å²) < 4.78 is 27.5. The van der Waals surface area contributed by atoms with Gasteiger partial charge in [0.15, 0.2) is 23.0 Å². The molecule has 1 fully saturated rings. The van der Waals surface area contributed by atoms with Crippen molar-refractivity contribution in [1.82, 2.24) is 9.80 Å². The maximum atomic E-state index is 5.71. The fourth-order valence-corrected chi connectivity index (χ4v) is 3.94. The van der Waals surface area contributed by atoms with E-state index in [4.69, 9.17) is 23.7 Å². The van der Waals surface area contributed by atoms with Crippen molar-refractivity contribution in [2.45, 2.75) is 20.0 Å². The highest BCUT2D eigenvalue weighted by atomic mass is 16.5. The Bertz CT molecular complexity index is 825. The van der Waals surface area contributed by atoms with Crippen LogP contribution in [0.15, 0.2) is 30.3 Å². The molecule has 1 heterocycles. The Morgan fingerprint density at radius 1 is 0.645 bits per heavy atom. The second-order valence-corrected chi connectivity index (χ2v) is 7.50. The summed E-state index contributed by atoms with van der Waals surface area (Å²) in [6.07, 6.45) is 0. The van der Waals surface area contributed by atoms with Crippen LogP contribution in [-0.4, -0.2) is 71.0 Å². The van der Waals surface area contributed by atoms with Gasteiger partial charge in [-0.15, -0.1) is 0 Å². The molecule has 0 aliphatic carbocycles. The highest BCUT2D eigenvalue weighted by molar-refractivity contribution is 5.53. The van der Waals surface area contributed by atoms with E-state index in [0.717, 1.165) is 56.3 Å². The number of piperazine rings is 1. The van der Waals surface area contributed by atoms with Crippen molar-refractivity contribution in [1.29, 1.82) is 0 Å². The first-order valence-electron chi connectivity index (χ1n) is 10.6.